The number of halogens is 2. The molecule has 0 radical (unpaired) electrons. The van der Waals surface area contributed by atoms with Gasteiger partial charge in [-0.3, -0.25) is 10.1 Å². The van der Waals surface area contributed by atoms with Crippen LogP contribution in [0.4, 0.5) is 5.69 Å². The molecule has 0 saturated carbocycles. The van der Waals surface area contributed by atoms with Crippen molar-refractivity contribution in [1.82, 2.24) is 0 Å². The van der Waals surface area contributed by atoms with Crippen molar-refractivity contribution in [2.45, 2.75) is 5.75 Å². The lowest BCUT2D eigenvalue weighted by Crippen LogP contribution is -2.00. The first-order valence-electron chi connectivity index (χ1n) is 3.65. The molecular formula is C7H5BrClNO4S. The van der Waals surface area contributed by atoms with Crippen molar-refractivity contribution >= 4 is 41.4 Å². The van der Waals surface area contributed by atoms with Crippen molar-refractivity contribution in [3.8, 4) is 0 Å². The number of nitro benzene ring substituents is 1. The second-order valence-corrected chi connectivity index (χ2v) is 6.41. The molecule has 0 aliphatic heterocycles. The fourth-order valence-electron chi connectivity index (χ4n) is 1.01. The van der Waals surface area contributed by atoms with Crippen LogP contribution in [-0.2, 0) is 14.8 Å². The molecule has 82 valence electrons. The van der Waals surface area contributed by atoms with Crippen LogP contribution in [0.25, 0.3) is 0 Å². The smallest absolute Gasteiger partial charge is 0.258 e. The Morgan fingerprint density at radius 1 is 1.47 bits per heavy atom. The molecule has 0 saturated heterocycles. The van der Waals surface area contributed by atoms with E-state index < -0.39 is 19.7 Å². The highest BCUT2D eigenvalue weighted by molar-refractivity contribution is 9.10. The van der Waals surface area contributed by atoms with Crippen molar-refractivity contribution in [2.75, 3.05) is 0 Å². The summed E-state index contributed by atoms with van der Waals surface area (Å²) in [7, 11) is 1.23. The molecule has 0 fully saturated rings. The molecular weight excluding hydrogens is 310 g/mol. The van der Waals surface area contributed by atoms with Crippen LogP contribution in [0.3, 0.4) is 0 Å². The third-order valence-electron chi connectivity index (χ3n) is 1.57. The summed E-state index contributed by atoms with van der Waals surface area (Å²) in [6.07, 6.45) is 0. The molecule has 0 aliphatic carbocycles. The maximum absolute atomic E-state index is 10.8. The lowest BCUT2D eigenvalue weighted by Gasteiger charge is -2.00. The van der Waals surface area contributed by atoms with Gasteiger partial charge in [0, 0.05) is 26.8 Å². The van der Waals surface area contributed by atoms with Crippen LogP contribution in [0.5, 0.6) is 0 Å². The van der Waals surface area contributed by atoms with Gasteiger partial charge in [0.05, 0.1) is 10.7 Å². The lowest BCUT2D eigenvalue weighted by atomic mass is 10.2. The van der Waals surface area contributed by atoms with E-state index in [2.05, 4.69) is 15.9 Å². The van der Waals surface area contributed by atoms with Crippen LogP contribution in [0, 0.1) is 10.1 Å². The highest BCUT2D eigenvalue weighted by Gasteiger charge is 2.18. The van der Waals surface area contributed by atoms with Gasteiger partial charge in [0.1, 0.15) is 0 Å². The van der Waals surface area contributed by atoms with Crippen LogP contribution in [0.2, 0.25) is 0 Å². The topological polar surface area (TPSA) is 77.3 Å². The van der Waals surface area contributed by atoms with Crippen LogP contribution in [0.1, 0.15) is 5.56 Å². The summed E-state index contributed by atoms with van der Waals surface area (Å²) in [6.45, 7) is 0. The third-order valence-corrected chi connectivity index (χ3v) is 3.05. The Balaban J connectivity index is 3.24. The van der Waals surface area contributed by atoms with Crippen molar-refractivity contribution in [1.29, 1.82) is 0 Å². The van der Waals surface area contributed by atoms with Crippen molar-refractivity contribution in [3.05, 3.63) is 38.3 Å². The first kappa shape index (κ1) is 12.4. The number of nitro groups is 1. The van der Waals surface area contributed by atoms with Gasteiger partial charge in [0.2, 0.25) is 9.05 Å². The first-order valence-corrected chi connectivity index (χ1v) is 6.92. The zero-order valence-electron chi connectivity index (χ0n) is 7.18. The van der Waals surface area contributed by atoms with E-state index in [9.17, 15) is 18.5 Å². The van der Waals surface area contributed by atoms with E-state index in [0.717, 1.165) is 0 Å². The van der Waals surface area contributed by atoms with E-state index in [1.165, 1.54) is 18.2 Å². The minimum absolute atomic E-state index is 0.0678. The maximum atomic E-state index is 10.8. The van der Waals surface area contributed by atoms with Gasteiger partial charge in [0.15, 0.2) is 0 Å². The van der Waals surface area contributed by atoms with E-state index in [1.807, 2.05) is 0 Å². The predicted molar refractivity (Wildman–Crippen MR) is 59.3 cm³/mol. The maximum Gasteiger partial charge on any atom is 0.274 e. The standard InChI is InChI=1S/C7H5BrClNO4S/c8-6-2-1-5(4-15(9,13)14)7(3-6)10(11)12/h1-3H,4H2. The number of benzene rings is 1. The van der Waals surface area contributed by atoms with Crippen molar-refractivity contribution in [2.24, 2.45) is 0 Å². The van der Waals surface area contributed by atoms with Gasteiger partial charge in [-0.1, -0.05) is 15.9 Å². The molecule has 0 N–H and O–H groups in total. The highest BCUT2D eigenvalue weighted by atomic mass is 79.9. The molecule has 1 rings (SSSR count). The summed E-state index contributed by atoms with van der Waals surface area (Å²) in [4.78, 5) is 9.96. The highest BCUT2D eigenvalue weighted by Crippen LogP contribution is 2.25. The summed E-state index contributed by atoms with van der Waals surface area (Å²) >= 11 is 3.06. The summed E-state index contributed by atoms with van der Waals surface area (Å²) < 4.78 is 22.1. The van der Waals surface area contributed by atoms with Gasteiger partial charge in [-0.25, -0.2) is 8.42 Å². The van der Waals surface area contributed by atoms with Gasteiger partial charge in [-0.2, -0.15) is 0 Å². The lowest BCUT2D eigenvalue weighted by molar-refractivity contribution is -0.385. The Hall–Kier alpha value is -0.660. The molecule has 0 atom stereocenters. The average molecular weight is 315 g/mol. The van der Waals surface area contributed by atoms with Gasteiger partial charge in [-0.15, -0.1) is 0 Å². The molecule has 0 bridgehead atoms. The van der Waals surface area contributed by atoms with Crippen LogP contribution in [-0.4, -0.2) is 13.3 Å². The molecule has 0 aromatic heterocycles. The largest absolute Gasteiger partial charge is 0.274 e. The Morgan fingerprint density at radius 3 is 2.53 bits per heavy atom. The number of hydrogen-bond donors (Lipinski definition) is 0. The monoisotopic (exact) mass is 313 g/mol. The zero-order valence-corrected chi connectivity index (χ0v) is 10.3. The Labute approximate surface area is 98.7 Å². The molecule has 0 amide bonds. The van der Waals surface area contributed by atoms with Gasteiger partial charge in [-0.05, 0) is 12.1 Å². The van der Waals surface area contributed by atoms with Gasteiger partial charge in [0.25, 0.3) is 5.69 Å². The SMILES string of the molecule is O=[N+]([O-])c1cc(Br)ccc1CS(=O)(=O)Cl. The fraction of sp³-hybridized carbons (Fsp3) is 0.143. The summed E-state index contributed by atoms with van der Waals surface area (Å²) in [5.41, 5.74) is -0.202. The quantitative estimate of drug-likeness (QED) is 0.488. The van der Waals surface area contributed by atoms with E-state index >= 15 is 0 Å². The number of rotatable bonds is 3. The zero-order chi connectivity index (χ0) is 11.6. The van der Waals surface area contributed by atoms with E-state index in [-0.39, 0.29) is 11.3 Å². The molecule has 15 heavy (non-hydrogen) atoms. The number of hydrogen-bond acceptors (Lipinski definition) is 4. The Kier molecular flexibility index (Phi) is 3.69. The number of nitrogens with zero attached hydrogens (tertiary/aromatic N) is 1. The minimum atomic E-state index is -3.79. The predicted octanol–water partition coefficient (Wildman–Crippen LogP) is 2.43. The van der Waals surface area contributed by atoms with Crippen LogP contribution >= 0.6 is 26.6 Å². The second-order valence-electron chi connectivity index (χ2n) is 2.71. The summed E-state index contributed by atoms with van der Waals surface area (Å²) in [6, 6.07) is 4.10. The Bertz CT molecular complexity index is 502. The molecule has 5 nitrogen and oxygen atoms in total. The molecule has 0 unspecified atom stereocenters. The molecule has 1 aromatic rings. The third kappa shape index (κ3) is 3.77. The minimum Gasteiger partial charge on any atom is -0.258 e. The fourth-order valence-corrected chi connectivity index (χ4v) is 2.33. The van der Waals surface area contributed by atoms with Crippen molar-refractivity contribution < 1.29 is 13.3 Å². The second kappa shape index (κ2) is 4.46. The summed E-state index contributed by atoms with van der Waals surface area (Å²) in [5.74, 6) is -0.557. The van der Waals surface area contributed by atoms with Crippen LogP contribution < -0.4 is 0 Å². The van der Waals surface area contributed by atoms with Gasteiger partial charge >= 0.3 is 0 Å². The molecule has 8 heteroatoms. The Morgan fingerprint density at radius 2 is 2.07 bits per heavy atom. The first-order chi connectivity index (χ1) is 6.79. The summed E-state index contributed by atoms with van der Waals surface area (Å²) in [5, 5.41) is 10.6. The molecule has 0 heterocycles. The normalized spacial score (nSPS) is 11.3. The average Bonchev–Trinajstić information content (AvgIpc) is 2.05. The van der Waals surface area contributed by atoms with Crippen molar-refractivity contribution in [3.63, 3.8) is 0 Å². The molecule has 1 aromatic carbocycles. The van der Waals surface area contributed by atoms with Crippen LogP contribution in [0.15, 0.2) is 22.7 Å². The van der Waals surface area contributed by atoms with E-state index in [1.54, 1.807) is 0 Å². The van der Waals surface area contributed by atoms with E-state index in [4.69, 9.17) is 10.7 Å². The molecule has 0 spiro atoms. The van der Waals surface area contributed by atoms with Gasteiger partial charge < -0.3 is 0 Å². The molecule has 0 aliphatic rings. The van der Waals surface area contributed by atoms with E-state index in [0.29, 0.717) is 4.47 Å².